The predicted molar refractivity (Wildman–Crippen MR) is 74.3 cm³/mol. The average Bonchev–Trinajstić information content (AvgIpc) is 2.46. The van der Waals surface area contributed by atoms with Gasteiger partial charge in [-0.25, -0.2) is 10.5 Å². The van der Waals surface area contributed by atoms with E-state index in [0.717, 1.165) is 12.3 Å². The van der Waals surface area contributed by atoms with Gasteiger partial charge >= 0.3 is 6.18 Å². The lowest BCUT2D eigenvalue weighted by molar-refractivity contribution is -0.138. The second kappa shape index (κ2) is 6.70. The minimum atomic E-state index is -4.47. The predicted octanol–water partition coefficient (Wildman–Crippen LogP) is 2.65. The normalized spacial score (nSPS) is 16.7. The molecule has 0 bridgehead atoms. The first-order valence-corrected chi connectivity index (χ1v) is 7.01. The first-order valence-electron chi connectivity index (χ1n) is 6.63. The number of nitrogens with zero attached hydrogens (tertiary/aromatic N) is 2. The molecule has 1 aromatic heterocycles. The molecule has 0 spiro atoms. The van der Waals surface area contributed by atoms with E-state index in [2.05, 4.69) is 15.3 Å². The van der Waals surface area contributed by atoms with Crippen LogP contribution in [0.2, 0.25) is 5.02 Å². The van der Waals surface area contributed by atoms with Gasteiger partial charge in [0.1, 0.15) is 5.82 Å². The molecule has 1 N–H and O–H groups in total. The van der Waals surface area contributed by atoms with Gasteiger partial charge in [-0.15, -0.1) is 0 Å². The molecule has 9 heteroatoms. The molecule has 22 heavy (non-hydrogen) atoms. The van der Waals surface area contributed by atoms with Crippen LogP contribution in [0.1, 0.15) is 18.4 Å². The monoisotopic (exact) mass is 337 g/mol. The number of amides is 1. The Morgan fingerprint density at radius 3 is 2.59 bits per heavy atom. The van der Waals surface area contributed by atoms with Gasteiger partial charge in [0.2, 0.25) is 5.91 Å². The highest BCUT2D eigenvalue weighted by molar-refractivity contribution is 6.33. The van der Waals surface area contributed by atoms with Gasteiger partial charge in [-0.05, 0) is 18.9 Å². The van der Waals surface area contributed by atoms with Crippen molar-refractivity contribution in [3.63, 3.8) is 0 Å². The van der Waals surface area contributed by atoms with Crippen LogP contribution in [-0.4, -0.2) is 31.1 Å². The maximum atomic E-state index is 12.6. The Morgan fingerprint density at radius 2 is 2.09 bits per heavy atom. The second-order valence-corrected chi connectivity index (χ2v) is 5.37. The first kappa shape index (κ1) is 16.8. The third kappa shape index (κ3) is 3.80. The Labute approximate surface area is 130 Å². The number of hydrogen-bond donors (Lipinski definition) is 1. The second-order valence-electron chi connectivity index (χ2n) is 4.96. The summed E-state index contributed by atoms with van der Waals surface area (Å²) in [7, 11) is 1.36. The molecule has 0 aromatic carbocycles. The zero-order valence-electron chi connectivity index (χ0n) is 11.8. The molecule has 0 atom stereocenters. The topological polar surface area (TPSA) is 54.5 Å². The van der Waals surface area contributed by atoms with Gasteiger partial charge in [0.05, 0.1) is 17.7 Å². The lowest BCUT2D eigenvalue weighted by Crippen LogP contribution is -2.40. The van der Waals surface area contributed by atoms with Crippen molar-refractivity contribution in [3.05, 3.63) is 22.8 Å². The number of pyridine rings is 1. The van der Waals surface area contributed by atoms with Crippen LogP contribution in [0.15, 0.2) is 12.3 Å². The van der Waals surface area contributed by atoms with E-state index < -0.39 is 11.7 Å². The molecular formula is C13H15ClF3N3O2. The van der Waals surface area contributed by atoms with Crippen LogP contribution in [0.3, 0.4) is 0 Å². The molecule has 122 valence electrons. The number of hydrogen-bond acceptors (Lipinski definition) is 4. The molecule has 1 fully saturated rings. The fourth-order valence-electron chi connectivity index (χ4n) is 2.36. The molecule has 1 aromatic rings. The number of alkyl halides is 3. The molecule has 1 aliphatic rings. The van der Waals surface area contributed by atoms with Crippen molar-refractivity contribution < 1.29 is 22.8 Å². The van der Waals surface area contributed by atoms with Crippen LogP contribution >= 0.6 is 11.6 Å². The Morgan fingerprint density at radius 1 is 1.45 bits per heavy atom. The molecule has 2 heterocycles. The number of rotatable bonds is 3. The minimum absolute atomic E-state index is 0.0466. The van der Waals surface area contributed by atoms with Crippen molar-refractivity contribution in [1.82, 2.24) is 10.5 Å². The SMILES string of the molecule is CONC(=O)C1CCN(c2ncc(C(F)(F)F)cc2Cl)CC1. The number of halogens is 4. The lowest BCUT2D eigenvalue weighted by Gasteiger charge is -2.32. The van der Waals surface area contributed by atoms with Crippen LogP contribution in [0.5, 0.6) is 0 Å². The summed E-state index contributed by atoms with van der Waals surface area (Å²) in [6, 6.07) is 0.869. The number of nitrogens with one attached hydrogen (secondary N) is 1. The third-order valence-corrected chi connectivity index (χ3v) is 3.80. The lowest BCUT2D eigenvalue weighted by atomic mass is 9.96. The summed E-state index contributed by atoms with van der Waals surface area (Å²) in [5.41, 5.74) is 1.40. The molecule has 1 aliphatic heterocycles. The maximum Gasteiger partial charge on any atom is 0.417 e. The number of hydroxylamine groups is 1. The van der Waals surface area contributed by atoms with Crippen LogP contribution in [0.25, 0.3) is 0 Å². The van der Waals surface area contributed by atoms with Gasteiger partial charge in [0.25, 0.3) is 0 Å². The van der Waals surface area contributed by atoms with Crippen molar-refractivity contribution in [1.29, 1.82) is 0 Å². The smallest absolute Gasteiger partial charge is 0.355 e. The molecule has 0 aliphatic carbocycles. The quantitative estimate of drug-likeness (QED) is 0.862. The first-order chi connectivity index (χ1) is 10.3. The fourth-order valence-corrected chi connectivity index (χ4v) is 2.64. The van der Waals surface area contributed by atoms with E-state index >= 15 is 0 Å². The van der Waals surface area contributed by atoms with Crippen molar-refractivity contribution in [2.75, 3.05) is 25.1 Å². The molecule has 0 radical (unpaired) electrons. The molecule has 5 nitrogen and oxygen atoms in total. The van der Waals surface area contributed by atoms with Crippen LogP contribution in [0, 0.1) is 5.92 Å². The number of piperidine rings is 1. The summed E-state index contributed by atoms with van der Waals surface area (Å²) in [4.78, 5) is 21.8. The Bertz CT molecular complexity index is 546. The van der Waals surface area contributed by atoms with Crippen LogP contribution in [-0.2, 0) is 15.8 Å². The summed E-state index contributed by atoms with van der Waals surface area (Å²) in [5, 5.41) is -0.0466. The van der Waals surface area contributed by atoms with E-state index in [0.29, 0.717) is 31.7 Å². The van der Waals surface area contributed by atoms with E-state index in [9.17, 15) is 18.0 Å². The Balaban J connectivity index is 2.04. The van der Waals surface area contributed by atoms with Crippen LogP contribution in [0.4, 0.5) is 19.0 Å². The summed E-state index contributed by atoms with van der Waals surface area (Å²) in [6.07, 6.45) is -2.60. The van der Waals surface area contributed by atoms with Gasteiger partial charge in [-0.1, -0.05) is 11.6 Å². The van der Waals surface area contributed by atoms with Crippen molar-refractivity contribution in [3.8, 4) is 0 Å². The Hall–Kier alpha value is -1.54. The summed E-state index contributed by atoms with van der Waals surface area (Å²) >= 11 is 5.91. The zero-order valence-corrected chi connectivity index (χ0v) is 12.5. The van der Waals surface area contributed by atoms with Gasteiger partial charge in [-0.3, -0.25) is 9.63 Å². The van der Waals surface area contributed by atoms with Crippen molar-refractivity contribution in [2.24, 2.45) is 5.92 Å². The summed E-state index contributed by atoms with van der Waals surface area (Å²) in [6.45, 7) is 0.972. The number of anilines is 1. The van der Waals surface area contributed by atoms with E-state index in [1.165, 1.54) is 7.11 Å². The van der Waals surface area contributed by atoms with E-state index in [1.807, 2.05) is 0 Å². The van der Waals surface area contributed by atoms with Crippen LogP contribution < -0.4 is 10.4 Å². The summed E-state index contributed by atoms with van der Waals surface area (Å²) < 4.78 is 37.8. The molecule has 2 rings (SSSR count). The molecule has 0 saturated carbocycles. The average molecular weight is 338 g/mol. The van der Waals surface area contributed by atoms with E-state index in [4.69, 9.17) is 11.6 Å². The van der Waals surface area contributed by atoms with Crippen molar-refractivity contribution in [2.45, 2.75) is 19.0 Å². The maximum absolute atomic E-state index is 12.6. The van der Waals surface area contributed by atoms with Gasteiger partial charge in [0.15, 0.2) is 0 Å². The van der Waals surface area contributed by atoms with E-state index in [-0.39, 0.29) is 16.8 Å². The van der Waals surface area contributed by atoms with Gasteiger partial charge in [-0.2, -0.15) is 13.2 Å². The number of aromatic nitrogens is 1. The molecular weight excluding hydrogens is 323 g/mol. The standard InChI is InChI=1S/C13H15ClF3N3O2/c1-22-19-12(21)8-2-4-20(5-3-8)11-10(14)6-9(7-18-11)13(15,16)17/h6-8H,2-5H2,1H3,(H,19,21). The number of carbonyl (C=O) groups excluding carboxylic acids is 1. The highest BCUT2D eigenvalue weighted by Crippen LogP contribution is 2.34. The third-order valence-electron chi connectivity index (χ3n) is 3.52. The molecule has 1 amide bonds. The van der Waals surface area contributed by atoms with Crippen molar-refractivity contribution >= 4 is 23.3 Å². The molecule has 1 saturated heterocycles. The highest BCUT2D eigenvalue weighted by atomic mass is 35.5. The summed E-state index contributed by atoms with van der Waals surface area (Å²) in [5.74, 6) is -0.0849. The van der Waals surface area contributed by atoms with Gasteiger partial charge in [0, 0.05) is 25.2 Å². The van der Waals surface area contributed by atoms with E-state index in [1.54, 1.807) is 4.90 Å². The molecule has 0 unspecified atom stereocenters. The Kier molecular flexibility index (Phi) is 5.12. The largest absolute Gasteiger partial charge is 0.417 e. The highest BCUT2D eigenvalue weighted by Gasteiger charge is 2.33. The number of carbonyl (C=O) groups is 1. The zero-order chi connectivity index (χ0) is 16.3. The van der Waals surface area contributed by atoms with Gasteiger partial charge < -0.3 is 4.90 Å². The minimum Gasteiger partial charge on any atom is -0.355 e. The fraction of sp³-hybridized carbons (Fsp3) is 0.538.